The summed E-state index contributed by atoms with van der Waals surface area (Å²) >= 11 is 0. The lowest BCUT2D eigenvalue weighted by Crippen LogP contribution is -2.56. The Labute approximate surface area is 183 Å². The molecule has 0 bridgehead atoms. The Hall–Kier alpha value is -2.29. The molecule has 7 nitrogen and oxygen atoms in total. The molecule has 1 aliphatic heterocycles. The molecule has 3 rings (SSSR count). The highest BCUT2D eigenvalue weighted by molar-refractivity contribution is 7.92. The first-order valence-corrected chi connectivity index (χ1v) is 11.1. The van der Waals surface area contributed by atoms with Crippen molar-refractivity contribution in [3.05, 3.63) is 23.0 Å². The molecular formula is C18H19F7N2O5S. The number of nitrogens with one attached hydrogen (secondary N) is 1. The van der Waals surface area contributed by atoms with Crippen LogP contribution in [0.1, 0.15) is 36.8 Å². The third-order valence-electron chi connectivity index (χ3n) is 5.89. The lowest BCUT2D eigenvalue weighted by Gasteiger charge is -2.33. The van der Waals surface area contributed by atoms with Gasteiger partial charge in [-0.05, 0) is 61.6 Å². The van der Waals surface area contributed by atoms with Crippen LogP contribution in [0.5, 0.6) is 5.75 Å². The SMILES string of the molecule is O=C1CN(c2c(O)cc3c(c2F)CC(CCCC(O)(C(F)(F)F)C(F)(F)F)CC3)S(=O)(=O)N1. The predicted molar refractivity (Wildman–Crippen MR) is 98.9 cm³/mol. The maximum atomic E-state index is 15.2. The number of aromatic hydroxyl groups is 1. The molecule has 1 unspecified atom stereocenters. The minimum Gasteiger partial charge on any atom is -0.506 e. The molecule has 1 atom stereocenters. The fourth-order valence-electron chi connectivity index (χ4n) is 4.13. The van der Waals surface area contributed by atoms with Gasteiger partial charge in [0.15, 0.2) is 5.82 Å². The minimum absolute atomic E-state index is 0.0458. The van der Waals surface area contributed by atoms with Crippen molar-refractivity contribution in [2.75, 3.05) is 10.8 Å². The van der Waals surface area contributed by atoms with E-state index in [9.17, 15) is 49.8 Å². The van der Waals surface area contributed by atoms with Gasteiger partial charge in [-0.3, -0.25) is 4.79 Å². The van der Waals surface area contributed by atoms with Crippen molar-refractivity contribution >= 4 is 21.8 Å². The Morgan fingerprint density at radius 3 is 2.27 bits per heavy atom. The van der Waals surface area contributed by atoms with Gasteiger partial charge in [-0.25, -0.2) is 13.4 Å². The van der Waals surface area contributed by atoms with Crippen molar-refractivity contribution in [1.29, 1.82) is 0 Å². The van der Waals surface area contributed by atoms with Crippen LogP contribution >= 0.6 is 0 Å². The van der Waals surface area contributed by atoms with Crippen LogP contribution in [0, 0.1) is 11.7 Å². The number of hydrogen-bond acceptors (Lipinski definition) is 5. The monoisotopic (exact) mass is 508 g/mol. The fraction of sp³-hybridized carbons (Fsp3) is 0.611. The Bertz CT molecular complexity index is 1040. The molecule has 1 amide bonds. The number of anilines is 1. The normalized spacial score (nSPS) is 21.2. The van der Waals surface area contributed by atoms with Gasteiger partial charge in [0.05, 0.1) is 0 Å². The molecule has 0 saturated carbocycles. The van der Waals surface area contributed by atoms with E-state index in [-0.39, 0.29) is 31.2 Å². The number of phenols is 1. The number of hydrogen-bond donors (Lipinski definition) is 3. The molecule has 33 heavy (non-hydrogen) atoms. The molecule has 2 aliphatic rings. The first-order valence-electron chi connectivity index (χ1n) is 9.70. The van der Waals surface area contributed by atoms with Crippen molar-refractivity contribution < 1.29 is 54.2 Å². The first-order chi connectivity index (χ1) is 15.0. The van der Waals surface area contributed by atoms with Crippen LogP contribution in [0.3, 0.4) is 0 Å². The first kappa shape index (κ1) is 25.3. The van der Waals surface area contributed by atoms with Gasteiger partial charge in [0.2, 0.25) is 0 Å². The second-order valence-corrected chi connectivity index (χ2v) is 9.68. The van der Waals surface area contributed by atoms with Gasteiger partial charge in [-0.15, -0.1) is 0 Å². The van der Waals surface area contributed by atoms with E-state index >= 15 is 4.39 Å². The maximum Gasteiger partial charge on any atom is 0.426 e. The third kappa shape index (κ3) is 4.56. The van der Waals surface area contributed by atoms with Gasteiger partial charge >= 0.3 is 22.6 Å². The molecule has 1 aromatic rings. The quantitative estimate of drug-likeness (QED) is 0.531. The highest BCUT2D eigenvalue weighted by Crippen LogP contribution is 2.47. The van der Waals surface area contributed by atoms with Crippen molar-refractivity contribution in [2.24, 2.45) is 5.92 Å². The number of benzene rings is 1. The zero-order valence-corrected chi connectivity index (χ0v) is 17.5. The summed E-state index contributed by atoms with van der Waals surface area (Å²) < 4.78 is 118. The lowest BCUT2D eigenvalue weighted by atomic mass is 9.80. The molecule has 1 heterocycles. The summed E-state index contributed by atoms with van der Waals surface area (Å²) in [5.74, 6) is -3.38. The summed E-state index contributed by atoms with van der Waals surface area (Å²) in [4.78, 5) is 11.4. The number of amides is 1. The summed E-state index contributed by atoms with van der Waals surface area (Å²) in [6.45, 7) is -0.775. The molecule has 3 N–H and O–H groups in total. The summed E-state index contributed by atoms with van der Waals surface area (Å²) in [7, 11) is -4.44. The van der Waals surface area contributed by atoms with E-state index in [1.807, 2.05) is 0 Å². The zero-order chi connectivity index (χ0) is 25.0. The average Bonchev–Trinajstić information content (AvgIpc) is 2.92. The van der Waals surface area contributed by atoms with Crippen LogP contribution < -0.4 is 9.03 Å². The van der Waals surface area contributed by atoms with Gasteiger partial charge in [-0.1, -0.05) is 0 Å². The van der Waals surface area contributed by atoms with Gasteiger partial charge in [0, 0.05) is 0 Å². The Kier molecular flexibility index (Phi) is 6.28. The molecule has 1 saturated heterocycles. The van der Waals surface area contributed by atoms with E-state index in [1.165, 1.54) is 0 Å². The highest BCUT2D eigenvalue weighted by atomic mass is 32.2. The lowest BCUT2D eigenvalue weighted by molar-refractivity contribution is -0.370. The summed E-state index contributed by atoms with van der Waals surface area (Å²) in [6.07, 6.45) is -14.0. The van der Waals surface area contributed by atoms with Crippen LogP contribution in [0.15, 0.2) is 6.07 Å². The van der Waals surface area contributed by atoms with Crippen LogP contribution in [0.4, 0.5) is 36.4 Å². The molecule has 186 valence electrons. The summed E-state index contributed by atoms with van der Waals surface area (Å²) in [5.41, 5.74) is -5.37. The van der Waals surface area contributed by atoms with Crippen molar-refractivity contribution in [2.45, 2.75) is 56.5 Å². The van der Waals surface area contributed by atoms with Crippen LogP contribution in [-0.2, 0) is 27.8 Å². The number of aryl methyl sites for hydroxylation is 1. The molecule has 0 radical (unpaired) electrons. The number of rotatable bonds is 5. The molecule has 1 aromatic carbocycles. The van der Waals surface area contributed by atoms with Crippen molar-refractivity contribution in [3.63, 3.8) is 0 Å². The number of carbonyl (C=O) groups excluding carboxylic acids is 1. The van der Waals surface area contributed by atoms with Crippen molar-refractivity contribution in [3.8, 4) is 5.75 Å². The number of aliphatic hydroxyl groups is 1. The fourth-order valence-corrected chi connectivity index (χ4v) is 5.29. The molecule has 1 aliphatic carbocycles. The van der Waals surface area contributed by atoms with Gasteiger partial charge in [-0.2, -0.15) is 34.8 Å². The standard InChI is InChI=1S/C18H19F7N2O5S/c19-14-11-6-9(2-1-5-16(30,17(20,21)22)18(23,24)25)3-4-10(11)7-12(28)15(14)27-8-13(29)26-33(27,31)32/h7,9,28,30H,1-6,8H2,(H,26,29). The highest BCUT2D eigenvalue weighted by Gasteiger charge is 2.69. The topological polar surface area (TPSA) is 107 Å². The Morgan fingerprint density at radius 2 is 1.76 bits per heavy atom. The smallest absolute Gasteiger partial charge is 0.426 e. The molecular weight excluding hydrogens is 489 g/mol. The maximum absolute atomic E-state index is 15.2. The van der Waals surface area contributed by atoms with Gasteiger partial charge in [0.25, 0.3) is 11.5 Å². The number of nitrogens with zero attached hydrogens (tertiary/aromatic N) is 1. The molecule has 15 heteroatoms. The predicted octanol–water partition coefficient (Wildman–Crippen LogP) is 2.84. The van der Waals surface area contributed by atoms with E-state index in [2.05, 4.69) is 0 Å². The average molecular weight is 508 g/mol. The Morgan fingerprint density at radius 1 is 1.15 bits per heavy atom. The zero-order valence-electron chi connectivity index (χ0n) is 16.7. The number of halogens is 7. The van der Waals surface area contributed by atoms with Gasteiger partial charge < -0.3 is 10.2 Å². The van der Waals surface area contributed by atoms with Crippen LogP contribution in [0.25, 0.3) is 0 Å². The summed E-state index contributed by atoms with van der Waals surface area (Å²) in [6, 6.07) is 1.12. The van der Waals surface area contributed by atoms with E-state index < -0.39 is 76.6 Å². The van der Waals surface area contributed by atoms with E-state index in [0.29, 0.717) is 9.87 Å². The molecule has 1 fully saturated rings. The number of phenolic OH excluding ortho intramolecular Hbond substituents is 1. The third-order valence-corrected chi connectivity index (χ3v) is 7.26. The van der Waals surface area contributed by atoms with Crippen LogP contribution in [0.2, 0.25) is 0 Å². The summed E-state index contributed by atoms with van der Waals surface area (Å²) in [5, 5.41) is 19.4. The van der Waals surface area contributed by atoms with E-state index in [0.717, 1.165) is 6.07 Å². The van der Waals surface area contributed by atoms with Crippen LogP contribution in [-0.4, -0.2) is 49.0 Å². The number of carbonyl (C=O) groups is 1. The van der Waals surface area contributed by atoms with Gasteiger partial charge in [0.1, 0.15) is 18.0 Å². The van der Waals surface area contributed by atoms with E-state index in [4.69, 9.17) is 0 Å². The van der Waals surface area contributed by atoms with E-state index in [1.54, 1.807) is 4.72 Å². The number of alkyl halides is 6. The molecule has 0 aromatic heterocycles. The second kappa shape index (κ2) is 8.18. The minimum atomic E-state index is -5.92. The largest absolute Gasteiger partial charge is 0.506 e. The Balaban J connectivity index is 1.79. The number of fused-ring (bicyclic) bond motifs is 1. The second-order valence-electron chi connectivity index (χ2n) is 8.09. The van der Waals surface area contributed by atoms with Crippen molar-refractivity contribution in [1.82, 2.24) is 4.72 Å². The molecule has 0 spiro atoms.